The molecule has 3 saturated heterocycles. The summed E-state index contributed by atoms with van der Waals surface area (Å²) in [6, 6.07) is 9.31. The van der Waals surface area contributed by atoms with E-state index in [0.717, 1.165) is 4.90 Å². The SMILES string of the molecule is CC1(C)O[C@H]2O[C@@H]3COC(CS(=O)c4ccccc4)O[C@@H]3[C@H]2O1. The van der Waals surface area contributed by atoms with Crippen molar-refractivity contribution in [1.29, 1.82) is 0 Å². The van der Waals surface area contributed by atoms with E-state index in [1.807, 2.05) is 44.2 Å². The van der Waals surface area contributed by atoms with Crippen LogP contribution in [-0.4, -0.2) is 53.2 Å². The summed E-state index contributed by atoms with van der Waals surface area (Å²) in [5.74, 6) is -0.390. The average molecular weight is 340 g/mol. The molecule has 1 aromatic rings. The molecule has 23 heavy (non-hydrogen) atoms. The van der Waals surface area contributed by atoms with E-state index in [2.05, 4.69) is 0 Å². The highest BCUT2D eigenvalue weighted by molar-refractivity contribution is 7.85. The van der Waals surface area contributed by atoms with Gasteiger partial charge in [0, 0.05) is 4.90 Å². The lowest BCUT2D eigenvalue weighted by Crippen LogP contribution is -2.48. The van der Waals surface area contributed by atoms with Crippen molar-refractivity contribution in [2.24, 2.45) is 0 Å². The lowest BCUT2D eigenvalue weighted by molar-refractivity contribution is -0.276. The molecule has 4 rings (SSSR count). The number of hydrogen-bond donors (Lipinski definition) is 0. The Bertz CT molecular complexity index is 591. The van der Waals surface area contributed by atoms with Crippen LogP contribution >= 0.6 is 0 Å². The number of hydrogen-bond acceptors (Lipinski definition) is 6. The molecule has 0 aliphatic carbocycles. The number of rotatable bonds is 3. The predicted octanol–water partition coefficient (Wildman–Crippen LogP) is 1.41. The Balaban J connectivity index is 1.41. The smallest absolute Gasteiger partial charge is 0.190 e. The van der Waals surface area contributed by atoms with Crippen LogP contribution in [0.1, 0.15) is 13.8 Å². The maximum atomic E-state index is 12.4. The van der Waals surface area contributed by atoms with E-state index in [9.17, 15) is 4.21 Å². The second-order valence-corrected chi connectivity index (χ2v) is 7.83. The fraction of sp³-hybridized carbons (Fsp3) is 0.625. The van der Waals surface area contributed by atoms with Gasteiger partial charge in [-0.15, -0.1) is 0 Å². The highest BCUT2D eigenvalue weighted by atomic mass is 32.2. The second-order valence-electron chi connectivity index (χ2n) is 6.33. The van der Waals surface area contributed by atoms with Crippen LogP contribution in [-0.2, 0) is 34.5 Å². The summed E-state index contributed by atoms with van der Waals surface area (Å²) < 4.78 is 41.4. The third-order valence-electron chi connectivity index (χ3n) is 4.14. The first-order valence-electron chi connectivity index (χ1n) is 7.73. The third-order valence-corrected chi connectivity index (χ3v) is 5.51. The summed E-state index contributed by atoms with van der Waals surface area (Å²) in [6.07, 6.45) is -1.70. The molecule has 2 unspecified atom stereocenters. The Labute approximate surface area is 137 Å². The van der Waals surface area contributed by atoms with Crippen molar-refractivity contribution in [2.45, 2.75) is 55.4 Å². The van der Waals surface area contributed by atoms with Crippen LogP contribution in [0.25, 0.3) is 0 Å². The first-order chi connectivity index (χ1) is 11.0. The summed E-state index contributed by atoms with van der Waals surface area (Å²) >= 11 is 0. The van der Waals surface area contributed by atoms with Crippen LogP contribution in [0.4, 0.5) is 0 Å². The van der Waals surface area contributed by atoms with Gasteiger partial charge in [-0.05, 0) is 26.0 Å². The van der Waals surface area contributed by atoms with Gasteiger partial charge in [0.25, 0.3) is 0 Å². The van der Waals surface area contributed by atoms with Crippen LogP contribution in [0.3, 0.4) is 0 Å². The summed E-state index contributed by atoms with van der Waals surface area (Å²) in [6.45, 7) is 4.09. The van der Waals surface area contributed by atoms with Crippen molar-refractivity contribution in [3.05, 3.63) is 30.3 Å². The number of fused-ring (bicyclic) bond motifs is 3. The normalized spacial score (nSPS) is 39.7. The summed E-state index contributed by atoms with van der Waals surface area (Å²) in [5, 5.41) is 0. The molecule has 0 bridgehead atoms. The zero-order chi connectivity index (χ0) is 16.0. The molecule has 3 fully saturated rings. The summed E-state index contributed by atoms with van der Waals surface area (Å²) in [5.41, 5.74) is 0. The zero-order valence-corrected chi connectivity index (χ0v) is 13.9. The van der Waals surface area contributed by atoms with Gasteiger partial charge in [-0.25, -0.2) is 0 Å². The van der Waals surface area contributed by atoms with E-state index in [-0.39, 0.29) is 24.1 Å². The molecule has 6 atom stereocenters. The van der Waals surface area contributed by atoms with E-state index in [0.29, 0.717) is 6.61 Å². The molecule has 126 valence electrons. The van der Waals surface area contributed by atoms with Crippen molar-refractivity contribution in [3.8, 4) is 0 Å². The van der Waals surface area contributed by atoms with E-state index in [4.69, 9.17) is 23.7 Å². The van der Waals surface area contributed by atoms with Gasteiger partial charge in [0.15, 0.2) is 18.4 Å². The minimum absolute atomic E-state index is 0.206. The van der Waals surface area contributed by atoms with Crippen LogP contribution < -0.4 is 0 Å². The molecule has 3 aliphatic rings. The molecule has 3 aliphatic heterocycles. The van der Waals surface area contributed by atoms with E-state index in [1.54, 1.807) is 0 Å². The maximum absolute atomic E-state index is 12.4. The highest BCUT2D eigenvalue weighted by Crippen LogP contribution is 2.40. The van der Waals surface area contributed by atoms with Gasteiger partial charge in [-0.2, -0.15) is 0 Å². The Morgan fingerprint density at radius 3 is 2.70 bits per heavy atom. The molecule has 0 spiro atoms. The Morgan fingerprint density at radius 1 is 1.13 bits per heavy atom. The Morgan fingerprint density at radius 2 is 1.91 bits per heavy atom. The van der Waals surface area contributed by atoms with Crippen LogP contribution in [0.2, 0.25) is 0 Å². The molecular formula is C16H20O6S. The second kappa shape index (κ2) is 5.91. The molecule has 0 aromatic heterocycles. The van der Waals surface area contributed by atoms with E-state index < -0.39 is 29.2 Å². The maximum Gasteiger partial charge on any atom is 0.190 e. The van der Waals surface area contributed by atoms with Crippen molar-refractivity contribution >= 4 is 10.8 Å². The van der Waals surface area contributed by atoms with Crippen molar-refractivity contribution in [1.82, 2.24) is 0 Å². The fourth-order valence-corrected chi connectivity index (χ4v) is 4.22. The lowest BCUT2D eigenvalue weighted by Gasteiger charge is -2.34. The van der Waals surface area contributed by atoms with Crippen LogP contribution in [0, 0.1) is 0 Å². The van der Waals surface area contributed by atoms with Gasteiger partial charge in [-0.3, -0.25) is 4.21 Å². The molecule has 0 N–H and O–H groups in total. The minimum atomic E-state index is -1.17. The Kier molecular flexibility index (Phi) is 4.03. The molecule has 0 amide bonds. The largest absolute Gasteiger partial charge is 0.349 e. The molecule has 7 heteroatoms. The van der Waals surface area contributed by atoms with Crippen LogP contribution in [0.5, 0.6) is 0 Å². The van der Waals surface area contributed by atoms with Gasteiger partial charge >= 0.3 is 0 Å². The Hall–Kier alpha value is -0.830. The van der Waals surface area contributed by atoms with Crippen LogP contribution in [0.15, 0.2) is 35.2 Å². The third kappa shape index (κ3) is 3.09. The number of ether oxygens (including phenoxy) is 5. The zero-order valence-electron chi connectivity index (χ0n) is 13.0. The summed E-state index contributed by atoms with van der Waals surface area (Å²) in [4.78, 5) is 0.768. The minimum Gasteiger partial charge on any atom is -0.349 e. The topological polar surface area (TPSA) is 63.2 Å². The summed E-state index contributed by atoms with van der Waals surface area (Å²) in [7, 11) is -1.17. The molecular weight excluding hydrogens is 320 g/mol. The van der Waals surface area contributed by atoms with Crippen molar-refractivity contribution in [3.63, 3.8) is 0 Å². The highest BCUT2D eigenvalue weighted by Gasteiger charge is 2.57. The van der Waals surface area contributed by atoms with Gasteiger partial charge < -0.3 is 23.7 Å². The predicted molar refractivity (Wildman–Crippen MR) is 81.0 cm³/mol. The fourth-order valence-electron chi connectivity index (χ4n) is 3.14. The lowest BCUT2D eigenvalue weighted by atomic mass is 10.1. The van der Waals surface area contributed by atoms with E-state index in [1.165, 1.54) is 0 Å². The quantitative estimate of drug-likeness (QED) is 0.829. The first-order valence-corrected chi connectivity index (χ1v) is 9.05. The first kappa shape index (κ1) is 15.7. The molecule has 3 heterocycles. The van der Waals surface area contributed by atoms with Gasteiger partial charge in [0.05, 0.1) is 23.2 Å². The molecule has 6 nitrogen and oxygen atoms in total. The monoisotopic (exact) mass is 340 g/mol. The number of benzene rings is 1. The van der Waals surface area contributed by atoms with Gasteiger partial charge in [-0.1, -0.05) is 18.2 Å². The van der Waals surface area contributed by atoms with Gasteiger partial charge in [0.2, 0.25) is 0 Å². The molecule has 0 radical (unpaired) electrons. The molecule has 0 saturated carbocycles. The molecule has 1 aromatic carbocycles. The van der Waals surface area contributed by atoms with Gasteiger partial charge in [0.1, 0.15) is 18.3 Å². The standard InChI is InChI=1S/C16H20O6S/c1-16(2)21-14-13-11(19-15(14)22-16)8-18-12(20-13)9-23(17)10-6-4-3-5-7-10/h3-7,11-15H,8-9H2,1-2H3/t11-,12?,13+,14-,15-,23?/m1/s1. The van der Waals surface area contributed by atoms with Crippen molar-refractivity contribution < 1.29 is 27.9 Å². The van der Waals surface area contributed by atoms with Crippen molar-refractivity contribution in [2.75, 3.05) is 12.4 Å². The average Bonchev–Trinajstić information content (AvgIpc) is 3.00. The van der Waals surface area contributed by atoms with E-state index >= 15 is 0 Å².